The summed E-state index contributed by atoms with van der Waals surface area (Å²) in [6.45, 7) is 7.23. The summed E-state index contributed by atoms with van der Waals surface area (Å²) >= 11 is 0. The van der Waals surface area contributed by atoms with E-state index >= 15 is 0 Å². The Morgan fingerprint density at radius 1 is 1.04 bits per heavy atom. The number of aromatic carboxylic acids is 1. The van der Waals surface area contributed by atoms with Crippen molar-refractivity contribution in [2.75, 3.05) is 30.0 Å². The van der Waals surface area contributed by atoms with Gasteiger partial charge in [-0.3, -0.25) is 0 Å². The number of ether oxygens (including phenoxy) is 1. The van der Waals surface area contributed by atoms with E-state index in [0.29, 0.717) is 43.1 Å². The van der Waals surface area contributed by atoms with E-state index in [9.17, 15) is 23.1 Å². The average Bonchev–Trinajstić information content (AvgIpc) is 3.36. The third kappa shape index (κ3) is 7.71. The lowest BCUT2D eigenvalue weighted by molar-refractivity contribution is -0.192. The molecule has 3 aromatic rings. The first kappa shape index (κ1) is 33.4. The fourth-order valence-corrected chi connectivity index (χ4v) is 6.45. The second-order valence-corrected chi connectivity index (χ2v) is 12.6. The minimum absolute atomic E-state index is 0.0131. The molecule has 14 heteroatoms. The van der Waals surface area contributed by atoms with Crippen LogP contribution in [-0.2, 0) is 16.1 Å². The molecule has 1 aromatic carbocycles. The van der Waals surface area contributed by atoms with Gasteiger partial charge >= 0.3 is 18.1 Å². The van der Waals surface area contributed by atoms with Crippen molar-refractivity contribution in [3.63, 3.8) is 0 Å². The number of halogens is 3. The molecule has 2 aromatic heterocycles. The Kier molecular flexibility index (Phi) is 10.3. The van der Waals surface area contributed by atoms with E-state index in [-0.39, 0.29) is 17.9 Å². The quantitative estimate of drug-likeness (QED) is 0.260. The third-order valence-electron chi connectivity index (χ3n) is 9.38. The van der Waals surface area contributed by atoms with E-state index in [2.05, 4.69) is 62.9 Å². The number of rotatable bonds is 8. The predicted octanol–water partition coefficient (Wildman–Crippen LogP) is 6.16. The monoisotopic (exact) mass is 646 g/mol. The predicted molar refractivity (Wildman–Crippen MR) is 165 cm³/mol. The summed E-state index contributed by atoms with van der Waals surface area (Å²) in [4.78, 5) is 37.3. The molecule has 3 heterocycles. The summed E-state index contributed by atoms with van der Waals surface area (Å²) in [6, 6.07) is 10.6. The van der Waals surface area contributed by atoms with Crippen LogP contribution >= 0.6 is 0 Å². The van der Waals surface area contributed by atoms with Crippen LogP contribution in [0.2, 0.25) is 0 Å². The van der Waals surface area contributed by atoms with Gasteiger partial charge in [-0.25, -0.2) is 19.6 Å². The molecule has 2 saturated carbocycles. The van der Waals surface area contributed by atoms with Crippen LogP contribution in [0, 0.1) is 17.8 Å². The number of hydrogen-bond donors (Lipinski definition) is 3. The highest BCUT2D eigenvalue weighted by Crippen LogP contribution is 2.38. The molecule has 3 fully saturated rings. The zero-order chi connectivity index (χ0) is 33.0. The second kappa shape index (κ2) is 14.2. The number of carboxylic acid groups (broad SMARTS) is 2. The van der Waals surface area contributed by atoms with Crippen molar-refractivity contribution in [3.8, 4) is 0 Å². The summed E-state index contributed by atoms with van der Waals surface area (Å²) in [5.74, 6) is -0.819. The van der Waals surface area contributed by atoms with Gasteiger partial charge in [0.25, 0.3) is 0 Å². The second-order valence-electron chi connectivity index (χ2n) is 12.6. The Bertz CT molecular complexity index is 1510. The fraction of sp³-hybridized carbons (Fsp3) is 0.594. The van der Waals surface area contributed by atoms with Crippen LogP contribution in [0.5, 0.6) is 0 Å². The minimum Gasteiger partial charge on any atom is -0.475 e. The first-order valence-corrected chi connectivity index (χ1v) is 15.9. The van der Waals surface area contributed by atoms with E-state index in [4.69, 9.17) is 19.6 Å². The Morgan fingerprint density at radius 2 is 1.72 bits per heavy atom. The van der Waals surface area contributed by atoms with Crippen LogP contribution < -0.4 is 10.2 Å². The molecule has 250 valence electrons. The molecule has 46 heavy (non-hydrogen) atoms. The lowest BCUT2D eigenvalue weighted by atomic mass is 9.80. The lowest BCUT2D eigenvalue weighted by Gasteiger charge is -2.37. The van der Waals surface area contributed by atoms with Crippen molar-refractivity contribution >= 4 is 34.9 Å². The van der Waals surface area contributed by atoms with Gasteiger partial charge in [-0.05, 0) is 55.9 Å². The molecule has 0 bridgehead atoms. The SMILES string of the molecule is CC1CCC(Cn2c(N3CCOC[C@H]3c3ccccc3)nc3nc(C(=O)O)nc(N[C@H](C)C4CCC4)c32)CC1.O=C(O)C(F)(F)F. The summed E-state index contributed by atoms with van der Waals surface area (Å²) in [5, 5.41) is 20.6. The molecular formula is C32H41F3N6O5. The molecular weight excluding hydrogens is 605 g/mol. The smallest absolute Gasteiger partial charge is 0.475 e. The number of aromatic nitrogens is 4. The van der Waals surface area contributed by atoms with Crippen LogP contribution in [0.4, 0.5) is 24.9 Å². The van der Waals surface area contributed by atoms with E-state index in [1.54, 1.807) is 0 Å². The number of anilines is 2. The molecule has 0 radical (unpaired) electrons. The van der Waals surface area contributed by atoms with Crippen LogP contribution in [0.1, 0.15) is 81.0 Å². The highest BCUT2D eigenvalue weighted by atomic mass is 19.4. The Morgan fingerprint density at radius 3 is 2.30 bits per heavy atom. The highest BCUT2D eigenvalue weighted by molar-refractivity contribution is 5.91. The van der Waals surface area contributed by atoms with Gasteiger partial charge in [0.2, 0.25) is 11.8 Å². The summed E-state index contributed by atoms with van der Waals surface area (Å²) < 4.78 is 40.0. The van der Waals surface area contributed by atoms with Crippen molar-refractivity contribution in [1.29, 1.82) is 0 Å². The highest BCUT2D eigenvalue weighted by Gasteiger charge is 2.38. The first-order valence-electron chi connectivity index (χ1n) is 15.9. The van der Waals surface area contributed by atoms with Gasteiger partial charge in [-0.15, -0.1) is 0 Å². The topological polar surface area (TPSA) is 143 Å². The maximum Gasteiger partial charge on any atom is 0.490 e. The van der Waals surface area contributed by atoms with Crippen molar-refractivity contribution in [1.82, 2.24) is 19.5 Å². The average molecular weight is 647 g/mol. The molecule has 0 unspecified atom stereocenters. The minimum atomic E-state index is -5.08. The number of imidazole rings is 1. The molecule has 1 aliphatic heterocycles. The van der Waals surface area contributed by atoms with Crippen molar-refractivity contribution in [3.05, 3.63) is 41.7 Å². The molecule has 0 amide bonds. The van der Waals surface area contributed by atoms with Gasteiger partial charge in [0.1, 0.15) is 5.52 Å². The number of fused-ring (bicyclic) bond motifs is 1. The van der Waals surface area contributed by atoms with E-state index in [1.165, 1.54) is 50.5 Å². The Balaban J connectivity index is 0.000000537. The van der Waals surface area contributed by atoms with Crippen LogP contribution in [0.15, 0.2) is 30.3 Å². The molecule has 2 atom stereocenters. The molecule has 3 aliphatic rings. The summed E-state index contributed by atoms with van der Waals surface area (Å²) in [6.07, 6.45) is 3.37. The number of carboxylic acids is 2. The number of aliphatic carboxylic acids is 1. The summed E-state index contributed by atoms with van der Waals surface area (Å²) in [7, 11) is 0. The number of benzene rings is 1. The van der Waals surface area contributed by atoms with E-state index < -0.39 is 18.1 Å². The normalized spacial score (nSPS) is 22.8. The number of nitrogens with one attached hydrogen (secondary N) is 1. The molecule has 3 N–H and O–H groups in total. The van der Waals surface area contributed by atoms with Gasteiger partial charge < -0.3 is 29.7 Å². The van der Waals surface area contributed by atoms with Crippen molar-refractivity contribution in [2.24, 2.45) is 17.8 Å². The van der Waals surface area contributed by atoms with Crippen LogP contribution in [0.3, 0.4) is 0 Å². The van der Waals surface area contributed by atoms with Gasteiger partial charge in [0, 0.05) is 19.1 Å². The number of alkyl halides is 3. The third-order valence-corrected chi connectivity index (χ3v) is 9.38. The van der Waals surface area contributed by atoms with Crippen molar-refractivity contribution in [2.45, 2.75) is 83.6 Å². The van der Waals surface area contributed by atoms with Gasteiger partial charge in [-0.2, -0.15) is 18.2 Å². The molecule has 6 rings (SSSR count). The Labute approximate surface area is 265 Å². The fourth-order valence-electron chi connectivity index (χ4n) is 6.45. The van der Waals surface area contributed by atoms with Crippen molar-refractivity contribution < 1.29 is 37.7 Å². The van der Waals surface area contributed by atoms with Gasteiger partial charge in [0.15, 0.2) is 11.5 Å². The molecule has 1 saturated heterocycles. The van der Waals surface area contributed by atoms with E-state index in [1.807, 2.05) is 6.07 Å². The standard InChI is InChI=1S/C30H40N6O3.C2HF3O2/c1-19-11-13-21(14-12-19)17-36-25-26(31-20(2)22-9-6-10-22)32-28(29(37)38)33-27(25)34-30(36)35-15-16-39-18-24(35)23-7-4-3-5-8-23;3-2(4,5)1(6)7/h3-5,7-8,19-22,24H,6,9-18H2,1-2H3,(H,37,38)(H,31,32,33);(H,6,7)/t19?,20-,21?,24+;/m1./s1. The number of morpholine rings is 1. The van der Waals surface area contributed by atoms with E-state index in [0.717, 1.165) is 23.9 Å². The largest absolute Gasteiger partial charge is 0.490 e. The molecule has 0 spiro atoms. The first-order chi connectivity index (χ1) is 21.9. The van der Waals surface area contributed by atoms with Crippen LogP contribution in [0.25, 0.3) is 11.2 Å². The lowest BCUT2D eigenvalue weighted by Crippen LogP contribution is -2.41. The number of nitrogens with zero attached hydrogens (tertiary/aromatic N) is 5. The zero-order valence-electron chi connectivity index (χ0n) is 26.0. The van der Waals surface area contributed by atoms with Gasteiger partial charge in [-0.1, -0.05) is 56.5 Å². The molecule has 2 aliphatic carbocycles. The number of carbonyl (C=O) groups is 2. The Hall–Kier alpha value is -3.94. The number of hydrogen-bond acceptors (Lipinski definition) is 8. The maximum absolute atomic E-state index is 12.0. The maximum atomic E-state index is 12.0. The van der Waals surface area contributed by atoms with Crippen LogP contribution in [-0.4, -0.2) is 73.6 Å². The zero-order valence-corrected chi connectivity index (χ0v) is 26.0. The molecule has 11 nitrogen and oxygen atoms in total. The summed E-state index contributed by atoms with van der Waals surface area (Å²) in [5.41, 5.74) is 2.44. The van der Waals surface area contributed by atoms with Gasteiger partial charge in [0.05, 0.1) is 19.3 Å².